The second-order valence-corrected chi connectivity index (χ2v) is 6.30. The molecule has 21 heavy (non-hydrogen) atoms. The summed E-state index contributed by atoms with van der Waals surface area (Å²) in [5, 5.41) is 0. The largest absolute Gasteiger partial charge is 0.493 e. The molecule has 2 aliphatic heterocycles. The van der Waals surface area contributed by atoms with E-state index >= 15 is 0 Å². The third-order valence-corrected chi connectivity index (χ3v) is 4.57. The van der Waals surface area contributed by atoms with E-state index in [-0.39, 0.29) is 11.7 Å². The first-order chi connectivity index (χ1) is 10.1. The molecule has 0 saturated carbocycles. The number of piperazine rings is 1. The summed E-state index contributed by atoms with van der Waals surface area (Å²) >= 11 is 0. The van der Waals surface area contributed by atoms with Crippen LogP contribution in [0.15, 0.2) is 18.2 Å². The molecule has 0 aromatic heterocycles. The molecule has 0 amide bonds. The number of nitrogens with zero attached hydrogens (tertiary/aromatic N) is 2. The zero-order chi connectivity index (χ0) is 14.8. The Kier molecular flexibility index (Phi) is 4.27. The molecule has 1 fully saturated rings. The first-order valence-electron chi connectivity index (χ1n) is 7.82. The van der Waals surface area contributed by atoms with Gasteiger partial charge in [-0.25, -0.2) is 0 Å². The third kappa shape index (κ3) is 3.27. The Balaban J connectivity index is 1.73. The van der Waals surface area contributed by atoms with Crippen LogP contribution in [0, 0.1) is 12.8 Å². The minimum absolute atomic E-state index is 0.0662. The van der Waals surface area contributed by atoms with Crippen molar-refractivity contribution in [1.82, 2.24) is 9.80 Å². The average Bonchev–Trinajstić information content (AvgIpc) is 2.62. The van der Waals surface area contributed by atoms with Gasteiger partial charge >= 0.3 is 0 Å². The Morgan fingerprint density at radius 2 is 2.00 bits per heavy atom. The van der Waals surface area contributed by atoms with Gasteiger partial charge in [0.25, 0.3) is 0 Å². The van der Waals surface area contributed by atoms with Crippen molar-refractivity contribution >= 4 is 5.78 Å². The van der Waals surface area contributed by atoms with Crippen LogP contribution in [-0.4, -0.2) is 62.0 Å². The minimum Gasteiger partial charge on any atom is -0.493 e. The molecule has 4 nitrogen and oxygen atoms in total. The molecule has 3 rings (SSSR count). The Morgan fingerprint density at radius 3 is 2.76 bits per heavy atom. The summed E-state index contributed by atoms with van der Waals surface area (Å²) in [6, 6.07) is 5.91. The van der Waals surface area contributed by atoms with Crippen LogP contribution < -0.4 is 4.74 Å². The molecule has 0 N–H and O–H groups in total. The molecule has 2 heterocycles. The Morgan fingerprint density at radius 1 is 1.24 bits per heavy atom. The van der Waals surface area contributed by atoms with E-state index < -0.39 is 0 Å². The van der Waals surface area contributed by atoms with E-state index in [1.807, 2.05) is 25.1 Å². The highest BCUT2D eigenvalue weighted by Crippen LogP contribution is 2.28. The summed E-state index contributed by atoms with van der Waals surface area (Å²) in [7, 11) is 2.15. The number of ketones is 1. The van der Waals surface area contributed by atoms with Gasteiger partial charge in [-0.05, 0) is 32.5 Å². The summed E-state index contributed by atoms with van der Waals surface area (Å²) in [5.74, 6) is 1.08. The average molecular weight is 288 g/mol. The monoisotopic (exact) mass is 288 g/mol. The topological polar surface area (TPSA) is 32.8 Å². The van der Waals surface area contributed by atoms with E-state index in [1.54, 1.807) is 0 Å². The number of hydrogen-bond donors (Lipinski definition) is 0. The fourth-order valence-electron chi connectivity index (χ4n) is 3.14. The molecule has 0 bridgehead atoms. The van der Waals surface area contributed by atoms with Crippen molar-refractivity contribution in [1.29, 1.82) is 0 Å². The maximum absolute atomic E-state index is 12.8. The standard InChI is InChI=1S/C17H24N2O2/c1-13-3-4-16-15(11-13)17(20)14(5-10-21-16)12-19-8-6-18(2)7-9-19/h3-4,11,14H,5-10,12H2,1-2H3. The molecule has 1 aromatic carbocycles. The van der Waals surface area contributed by atoms with Gasteiger partial charge in [-0.3, -0.25) is 4.79 Å². The molecular weight excluding hydrogens is 264 g/mol. The fourth-order valence-corrected chi connectivity index (χ4v) is 3.14. The van der Waals surface area contributed by atoms with Crippen LogP contribution in [0.5, 0.6) is 5.75 Å². The quantitative estimate of drug-likeness (QED) is 0.831. The van der Waals surface area contributed by atoms with Gasteiger partial charge < -0.3 is 14.5 Å². The maximum atomic E-state index is 12.8. The molecule has 0 spiro atoms. The lowest BCUT2D eigenvalue weighted by atomic mass is 9.93. The number of carbonyl (C=O) groups is 1. The predicted octanol–water partition coefficient (Wildman–Crippen LogP) is 1.82. The van der Waals surface area contributed by atoms with E-state index in [1.165, 1.54) is 0 Å². The van der Waals surface area contributed by atoms with Gasteiger partial charge in [-0.2, -0.15) is 0 Å². The first kappa shape index (κ1) is 14.5. The molecule has 1 unspecified atom stereocenters. The zero-order valence-corrected chi connectivity index (χ0v) is 13.0. The molecule has 1 saturated heterocycles. The first-order valence-corrected chi connectivity index (χ1v) is 7.82. The van der Waals surface area contributed by atoms with E-state index in [0.717, 1.165) is 56.0 Å². The van der Waals surface area contributed by atoms with Gasteiger partial charge in [0.1, 0.15) is 5.75 Å². The lowest BCUT2D eigenvalue weighted by molar-refractivity contribution is 0.0825. The van der Waals surface area contributed by atoms with Crippen molar-refractivity contribution in [2.24, 2.45) is 5.92 Å². The number of fused-ring (bicyclic) bond motifs is 1. The summed E-state index contributed by atoms with van der Waals surface area (Å²) < 4.78 is 5.76. The van der Waals surface area contributed by atoms with Gasteiger partial charge in [0.15, 0.2) is 5.78 Å². The molecule has 0 aliphatic carbocycles. The molecule has 4 heteroatoms. The Bertz CT molecular complexity index is 522. The number of Topliss-reactive ketones (excluding diaryl/α,β-unsaturated/α-hetero) is 1. The summed E-state index contributed by atoms with van der Waals surface area (Å²) in [6.45, 7) is 7.82. The second-order valence-electron chi connectivity index (χ2n) is 6.30. The highest BCUT2D eigenvalue weighted by atomic mass is 16.5. The fraction of sp³-hybridized carbons (Fsp3) is 0.588. The van der Waals surface area contributed by atoms with Crippen molar-refractivity contribution in [3.05, 3.63) is 29.3 Å². The van der Waals surface area contributed by atoms with Crippen LogP contribution in [0.3, 0.4) is 0 Å². The number of carbonyl (C=O) groups excluding carboxylic acids is 1. The van der Waals surface area contributed by atoms with E-state index in [9.17, 15) is 4.79 Å². The normalized spacial score (nSPS) is 24.3. The third-order valence-electron chi connectivity index (χ3n) is 4.57. The second kappa shape index (κ2) is 6.16. The summed E-state index contributed by atoms with van der Waals surface area (Å²) in [5.41, 5.74) is 1.89. The number of likely N-dealkylation sites (N-methyl/N-ethyl adjacent to an activating group) is 1. The van der Waals surface area contributed by atoms with Gasteiger partial charge in [-0.1, -0.05) is 11.6 Å². The molecular formula is C17H24N2O2. The molecule has 1 aromatic rings. The van der Waals surface area contributed by atoms with Crippen molar-refractivity contribution < 1.29 is 9.53 Å². The molecule has 2 aliphatic rings. The Hall–Kier alpha value is -1.39. The van der Waals surface area contributed by atoms with Crippen LogP contribution in [0.2, 0.25) is 0 Å². The van der Waals surface area contributed by atoms with Gasteiger partial charge in [-0.15, -0.1) is 0 Å². The van der Waals surface area contributed by atoms with Gasteiger partial charge in [0.2, 0.25) is 0 Å². The van der Waals surface area contributed by atoms with Gasteiger partial charge in [0.05, 0.1) is 12.2 Å². The maximum Gasteiger partial charge on any atom is 0.171 e. The van der Waals surface area contributed by atoms with E-state index in [4.69, 9.17) is 4.74 Å². The van der Waals surface area contributed by atoms with E-state index in [0.29, 0.717) is 6.61 Å². The van der Waals surface area contributed by atoms with Crippen molar-refractivity contribution in [3.8, 4) is 5.75 Å². The van der Waals surface area contributed by atoms with Crippen LogP contribution in [-0.2, 0) is 0 Å². The predicted molar refractivity (Wildman–Crippen MR) is 83.0 cm³/mol. The molecule has 1 atom stereocenters. The van der Waals surface area contributed by atoms with E-state index in [2.05, 4.69) is 16.8 Å². The van der Waals surface area contributed by atoms with Crippen molar-refractivity contribution in [2.75, 3.05) is 46.4 Å². The smallest absolute Gasteiger partial charge is 0.171 e. The van der Waals surface area contributed by atoms with Crippen LogP contribution in [0.1, 0.15) is 22.3 Å². The SMILES string of the molecule is Cc1ccc2c(c1)C(=O)C(CN1CCN(C)CC1)CCO2. The van der Waals surface area contributed by atoms with Crippen LogP contribution >= 0.6 is 0 Å². The number of rotatable bonds is 2. The molecule has 0 radical (unpaired) electrons. The van der Waals surface area contributed by atoms with Crippen LogP contribution in [0.4, 0.5) is 0 Å². The highest BCUT2D eigenvalue weighted by molar-refractivity contribution is 6.00. The number of aryl methyl sites for hydroxylation is 1. The van der Waals surface area contributed by atoms with Gasteiger partial charge in [0, 0.05) is 38.6 Å². The van der Waals surface area contributed by atoms with Crippen LogP contribution in [0.25, 0.3) is 0 Å². The van der Waals surface area contributed by atoms with Crippen molar-refractivity contribution in [3.63, 3.8) is 0 Å². The number of benzene rings is 1. The summed E-state index contributed by atoms with van der Waals surface area (Å²) in [6.07, 6.45) is 0.818. The number of ether oxygens (including phenoxy) is 1. The Labute approximate surface area is 126 Å². The highest BCUT2D eigenvalue weighted by Gasteiger charge is 2.29. The number of hydrogen-bond acceptors (Lipinski definition) is 4. The lowest BCUT2D eigenvalue weighted by Gasteiger charge is -2.34. The minimum atomic E-state index is 0.0662. The zero-order valence-electron chi connectivity index (χ0n) is 13.0. The summed E-state index contributed by atoms with van der Waals surface area (Å²) in [4.78, 5) is 17.6. The van der Waals surface area contributed by atoms with Crippen molar-refractivity contribution in [2.45, 2.75) is 13.3 Å². The lowest BCUT2D eigenvalue weighted by Crippen LogP contribution is -2.47. The molecule has 114 valence electrons.